The van der Waals surface area contributed by atoms with Crippen LogP contribution in [0.15, 0.2) is 35.7 Å². The van der Waals surface area contributed by atoms with E-state index >= 15 is 0 Å². The third-order valence-electron chi connectivity index (χ3n) is 4.89. The number of aromatic nitrogens is 2. The quantitative estimate of drug-likeness (QED) is 0.677. The first-order valence-corrected chi connectivity index (χ1v) is 9.78. The molecule has 1 saturated heterocycles. The van der Waals surface area contributed by atoms with Gasteiger partial charge in [0.25, 0.3) is 0 Å². The summed E-state index contributed by atoms with van der Waals surface area (Å²) in [6.07, 6.45) is 2.39. The van der Waals surface area contributed by atoms with Crippen molar-refractivity contribution in [2.24, 2.45) is 0 Å². The summed E-state index contributed by atoms with van der Waals surface area (Å²) in [5.41, 5.74) is 2.41. The molecule has 1 fully saturated rings. The fourth-order valence-electron chi connectivity index (χ4n) is 3.52. The Morgan fingerprint density at radius 2 is 1.88 bits per heavy atom. The van der Waals surface area contributed by atoms with E-state index in [1.54, 1.807) is 25.6 Å². The van der Waals surface area contributed by atoms with Gasteiger partial charge in [0.05, 0.1) is 11.5 Å². The molecule has 6 heteroatoms. The van der Waals surface area contributed by atoms with Gasteiger partial charge >= 0.3 is 0 Å². The molecule has 26 heavy (non-hydrogen) atoms. The van der Waals surface area contributed by atoms with Crippen molar-refractivity contribution in [2.75, 3.05) is 32.2 Å². The van der Waals surface area contributed by atoms with Crippen molar-refractivity contribution in [3.63, 3.8) is 0 Å². The lowest BCUT2D eigenvalue weighted by Gasteiger charge is -2.32. The van der Waals surface area contributed by atoms with Gasteiger partial charge in [0.15, 0.2) is 5.82 Å². The number of benzene rings is 1. The predicted octanol–water partition coefficient (Wildman–Crippen LogP) is 4.12. The molecule has 0 radical (unpaired) electrons. The first-order valence-electron chi connectivity index (χ1n) is 8.90. The Morgan fingerprint density at radius 3 is 2.58 bits per heavy atom. The largest absolute Gasteiger partial charge is 0.381 e. The summed E-state index contributed by atoms with van der Waals surface area (Å²) >= 11 is 1.67. The third kappa shape index (κ3) is 3.32. The van der Waals surface area contributed by atoms with Crippen LogP contribution in [0.4, 0.5) is 5.82 Å². The Labute approximate surface area is 157 Å². The molecule has 0 amide bonds. The molecule has 1 aliphatic heterocycles. The van der Waals surface area contributed by atoms with Gasteiger partial charge in [0.2, 0.25) is 0 Å². The fraction of sp³-hybridized carbons (Fsp3) is 0.400. The Kier molecular flexibility index (Phi) is 5.15. The van der Waals surface area contributed by atoms with E-state index in [0.717, 1.165) is 47.8 Å². The Bertz CT molecular complexity index is 873. The van der Waals surface area contributed by atoms with Gasteiger partial charge in [-0.1, -0.05) is 30.3 Å². The van der Waals surface area contributed by atoms with Crippen LogP contribution in [0, 0.1) is 0 Å². The first kappa shape index (κ1) is 17.4. The van der Waals surface area contributed by atoms with E-state index in [2.05, 4.69) is 34.5 Å². The summed E-state index contributed by atoms with van der Waals surface area (Å²) in [6, 6.07) is 10.5. The average Bonchev–Trinajstić information content (AvgIpc) is 3.12. The van der Waals surface area contributed by atoms with Gasteiger partial charge in [-0.2, -0.15) is 0 Å². The topological polar surface area (TPSA) is 47.5 Å². The molecule has 0 bridgehead atoms. The summed E-state index contributed by atoms with van der Waals surface area (Å²) in [5.74, 6) is 1.77. The minimum Gasteiger partial charge on any atom is -0.381 e. The van der Waals surface area contributed by atoms with Gasteiger partial charge in [-0.25, -0.2) is 9.97 Å². The highest BCUT2D eigenvalue weighted by molar-refractivity contribution is 7.17. The number of fused-ring (bicyclic) bond motifs is 1. The van der Waals surface area contributed by atoms with E-state index in [-0.39, 0.29) is 0 Å². The molecule has 0 spiro atoms. The lowest BCUT2D eigenvalue weighted by atomic mass is 10.0. The standard InChI is InChI=1S/C20H23N3O2S/c1-24-12-17-21-19(23-10-8-15(25-2)9-11-23)18-16(13-26-20(18)22-17)14-6-4-3-5-7-14/h3-7,13,15H,8-12H2,1-2H3. The smallest absolute Gasteiger partial charge is 0.158 e. The zero-order valence-corrected chi connectivity index (χ0v) is 16.0. The maximum Gasteiger partial charge on any atom is 0.158 e. The second kappa shape index (κ2) is 7.70. The second-order valence-electron chi connectivity index (χ2n) is 6.51. The maximum absolute atomic E-state index is 5.53. The summed E-state index contributed by atoms with van der Waals surface area (Å²) < 4.78 is 10.8. The second-order valence-corrected chi connectivity index (χ2v) is 7.37. The van der Waals surface area contributed by atoms with Gasteiger partial charge in [0.1, 0.15) is 17.3 Å². The summed E-state index contributed by atoms with van der Waals surface area (Å²) in [5, 5.41) is 3.34. The van der Waals surface area contributed by atoms with Crippen molar-refractivity contribution >= 4 is 27.4 Å². The van der Waals surface area contributed by atoms with Crippen LogP contribution in [0.25, 0.3) is 21.3 Å². The molecule has 0 unspecified atom stereocenters. The number of methoxy groups -OCH3 is 2. The molecular weight excluding hydrogens is 346 g/mol. The number of anilines is 1. The Morgan fingerprint density at radius 1 is 1.12 bits per heavy atom. The van der Waals surface area contributed by atoms with Crippen LogP contribution in [-0.4, -0.2) is 43.4 Å². The van der Waals surface area contributed by atoms with E-state index in [0.29, 0.717) is 12.7 Å². The van der Waals surface area contributed by atoms with Crippen LogP contribution in [0.2, 0.25) is 0 Å². The molecule has 0 saturated carbocycles. The zero-order chi connectivity index (χ0) is 17.9. The van der Waals surface area contributed by atoms with Crippen LogP contribution < -0.4 is 4.90 Å². The molecule has 1 aliphatic rings. The summed E-state index contributed by atoms with van der Waals surface area (Å²) in [6.45, 7) is 2.32. The zero-order valence-electron chi connectivity index (χ0n) is 15.1. The highest BCUT2D eigenvalue weighted by Crippen LogP contribution is 2.39. The van der Waals surface area contributed by atoms with Crippen molar-refractivity contribution in [2.45, 2.75) is 25.6 Å². The first-order chi connectivity index (χ1) is 12.8. The van der Waals surface area contributed by atoms with Gasteiger partial charge in [0, 0.05) is 38.3 Å². The number of rotatable bonds is 5. The highest BCUT2D eigenvalue weighted by Gasteiger charge is 2.24. The molecule has 0 N–H and O–H groups in total. The molecule has 5 nitrogen and oxygen atoms in total. The minimum absolute atomic E-state index is 0.345. The normalized spacial score (nSPS) is 15.7. The maximum atomic E-state index is 5.53. The molecule has 0 atom stereocenters. The van der Waals surface area contributed by atoms with E-state index in [9.17, 15) is 0 Å². The monoisotopic (exact) mass is 369 g/mol. The number of hydrogen-bond donors (Lipinski definition) is 0. The molecule has 136 valence electrons. The van der Waals surface area contributed by atoms with Crippen molar-refractivity contribution < 1.29 is 9.47 Å². The van der Waals surface area contributed by atoms with Crippen LogP contribution in [-0.2, 0) is 16.1 Å². The molecule has 4 rings (SSSR count). The van der Waals surface area contributed by atoms with Crippen LogP contribution in [0.5, 0.6) is 0 Å². The molecule has 0 aliphatic carbocycles. The van der Waals surface area contributed by atoms with E-state index in [1.807, 2.05) is 6.07 Å². The molecule has 3 heterocycles. The van der Waals surface area contributed by atoms with Crippen LogP contribution in [0.1, 0.15) is 18.7 Å². The summed E-state index contributed by atoms with van der Waals surface area (Å²) in [7, 11) is 3.48. The van der Waals surface area contributed by atoms with Crippen LogP contribution >= 0.6 is 11.3 Å². The van der Waals surface area contributed by atoms with Gasteiger partial charge in [-0.05, 0) is 18.4 Å². The molecule has 3 aromatic rings. The minimum atomic E-state index is 0.345. The number of nitrogens with zero attached hydrogens (tertiary/aromatic N) is 3. The highest BCUT2D eigenvalue weighted by atomic mass is 32.1. The Hall–Kier alpha value is -2.02. The van der Waals surface area contributed by atoms with E-state index in [1.165, 1.54) is 11.1 Å². The van der Waals surface area contributed by atoms with Crippen molar-refractivity contribution in [3.8, 4) is 11.1 Å². The van der Waals surface area contributed by atoms with E-state index < -0.39 is 0 Å². The lowest BCUT2D eigenvalue weighted by molar-refractivity contribution is 0.0818. The molecule has 2 aromatic heterocycles. The number of ether oxygens (including phenoxy) is 2. The van der Waals surface area contributed by atoms with Crippen LogP contribution in [0.3, 0.4) is 0 Å². The number of thiophene rings is 1. The van der Waals surface area contributed by atoms with Crippen molar-refractivity contribution in [1.29, 1.82) is 0 Å². The predicted molar refractivity (Wildman–Crippen MR) is 106 cm³/mol. The van der Waals surface area contributed by atoms with E-state index in [4.69, 9.17) is 19.4 Å². The molecular formula is C20H23N3O2S. The molecule has 1 aromatic carbocycles. The van der Waals surface area contributed by atoms with Crippen molar-refractivity contribution in [3.05, 3.63) is 41.5 Å². The van der Waals surface area contributed by atoms with Gasteiger partial charge < -0.3 is 14.4 Å². The number of hydrogen-bond acceptors (Lipinski definition) is 6. The SMILES string of the molecule is COCc1nc(N2CCC(OC)CC2)c2c(-c3ccccc3)csc2n1. The average molecular weight is 369 g/mol. The Balaban J connectivity index is 1.81. The fourth-order valence-corrected chi connectivity index (χ4v) is 4.48. The van der Waals surface area contributed by atoms with Gasteiger partial charge in [-0.15, -0.1) is 11.3 Å². The third-order valence-corrected chi connectivity index (χ3v) is 5.77. The van der Waals surface area contributed by atoms with Gasteiger partial charge in [-0.3, -0.25) is 0 Å². The summed E-state index contributed by atoms with van der Waals surface area (Å²) in [4.78, 5) is 13.0. The number of piperidine rings is 1. The lowest BCUT2D eigenvalue weighted by Crippen LogP contribution is -2.37. The van der Waals surface area contributed by atoms with Crippen molar-refractivity contribution in [1.82, 2.24) is 9.97 Å².